The van der Waals surface area contributed by atoms with Crippen molar-refractivity contribution >= 4 is 0 Å². The molecule has 0 fully saturated rings. The highest BCUT2D eigenvalue weighted by Crippen LogP contribution is 2.29. The predicted molar refractivity (Wildman–Crippen MR) is 71.6 cm³/mol. The van der Waals surface area contributed by atoms with Crippen LogP contribution in [0.1, 0.15) is 50.3 Å². The Hall–Kier alpha value is -1.02. The van der Waals surface area contributed by atoms with Crippen LogP contribution in [0.4, 0.5) is 0 Å². The van der Waals surface area contributed by atoms with Gasteiger partial charge in [0.25, 0.3) is 0 Å². The van der Waals surface area contributed by atoms with E-state index in [0.29, 0.717) is 6.04 Å². The van der Waals surface area contributed by atoms with Crippen LogP contribution in [0.5, 0.6) is 5.75 Å². The Labute approximate surface area is 104 Å². The van der Waals surface area contributed by atoms with Crippen molar-refractivity contribution in [3.8, 4) is 5.75 Å². The molecule has 0 aromatic heterocycles. The van der Waals surface area contributed by atoms with Crippen molar-refractivity contribution in [3.05, 3.63) is 29.3 Å². The van der Waals surface area contributed by atoms with Crippen molar-refractivity contribution in [2.24, 2.45) is 0 Å². The topological polar surface area (TPSA) is 21.3 Å². The molecule has 0 amide bonds. The molecule has 0 saturated heterocycles. The fourth-order valence-electron chi connectivity index (χ4n) is 2.52. The van der Waals surface area contributed by atoms with Crippen LogP contribution in [0.2, 0.25) is 0 Å². The highest BCUT2D eigenvalue weighted by molar-refractivity contribution is 5.39. The van der Waals surface area contributed by atoms with E-state index in [1.807, 2.05) is 0 Å². The minimum Gasteiger partial charge on any atom is -0.493 e. The quantitative estimate of drug-likeness (QED) is 0.841. The summed E-state index contributed by atoms with van der Waals surface area (Å²) in [6, 6.07) is 7.19. The first kappa shape index (κ1) is 12.4. The molecule has 1 unspecified atom stereocenters. The molecule has 2 rings (SSSR count). The summed E-state index contributed by atoms with van der Waals surface area (Å²) in [6.07, 6.45) is 4.73. The van der Waals surface area contributed by atoms with Crippen molar-refractivity contribution in [1.29, 1.82) is 0 Å². The van der Waals surface area contributed by atoms with E-state index in [-0.39, 0.29) is 0 Å². The minimum atomic E-state index is 0.497. The maximum Gasteiger partial charge on any atom is 0.122 e. The van der Waals surface area contributed by atoms with Gasteiger partial charge in [0.1, 0.15) is 5.75 Å². The van der Waals surface area contributed by atoms with Crippen molar-refractivity contribution < 1.29 is 4.74 Å². The predicted octanol–water partition coefficient (Wildman–Crippen LogP) is 3.46. The van der Waals surface area contributed by atoms with E-state index in [1.54, 1.807) is 0 Å². The van der Waals surface area contributed by atoms with Crippen LogP contribution >= 0.6 is 0 Å². The maximum atomic E-state index is 5.66. The molecule has 1 aliphatic rings. The van der Waals surface area contributed by atoms with E-state index in [2.05, 4.69) is 37.4 Å². The van der Waals surface area contributed by atoms with Gasteiger partial charge in [-0.05, 0) is 43.0 Å². The number of benzene rings is 1. The molecule has 1 N–H and O–H groups in total. The second-order valence-corrected chi connectivity index (χ2v) is 4.72. The summed E-state index contributed by atoms with van der Waals surface area (Å²) in [6.45, 7) is 6.31. The summed E-state index contributed by atoms with van der Waals surface area (Å²) in [5, 5.41) is 3.57. The standard InChI is InChI=1S/C15H23NO/c1-3-6-14(16-4-2)12-8-9-15-13(11-12)7-5-10-17-15/h8-9,11,14,16H,3-7,10H2,1-2H3. The summed E-state index contributed by atoms with van der Waals surface area (Å²) in [7, 11) is 0. The third-order valence-electron chi connectivity index (χ3n) is 3.36. The van der Waals surface area contributed by atoms with E-state index < -0.39 is 0 Å². The molecular weight excluding hydrogens is 210 g/mol. The highest BCUT2D eigenvalue weighted by atomic mass is 16.5. The molecule has 2 nitrogen and oxygen atoms in total. The molecule has 0 radical (unpaired) electrons. The zero-order valence-electron chi connectivity index (χ0n) is 11.0. The zero-order chi connectivity index (χ0) is 12.1. The van der Waals surface area contributed by atoms with Crippen LogP contribution in [0, 0.1) is 0 Å². The Morgan fingerprint density at radius 2 is 2.24 bits per heavy atom. The fourth-order valence-corrected chi connectivity index (χ4v) is 2.52. The normalized spacial score (nSPS) is 16.1. The molecule has 1 aromatic rings. The first-order valence-electron chi connectivity index (χ1n) is 6.84. The number of hydrogen-bond acceptors (Lipinski definition) is 2. The summed E-state index contributed by atoms with van der Waals surface area (Å²) < 4.78 is 5.66. The van der Waals surface area contributed by atoms with Gasteiger partial charge in [-0.3, -0.25) is 0 Å². The van der Waals surface area contributed by atoms with Crippen LogP contribution < -0.4 is 10.1 Å². The van der Waals surface area contributed by atoms with Crippen LogP contribution in [0.25, 0.3) is 0 Å². The molecule has 0 bridgehead atoms. The number of aryl methyl sites for hydroxylation is 1. The van der Waals surface area contributed by atoms with E-state index in [1.165, 1.54) is 24.0 Å². The van der Waals surface area contributed by atoms with E-state index in [0.717, 1.165) is 31.7 Å². The Kier molecular flexibility index (Phi) is 4.43. The Bertz CT molecular complexity index is 356. The van der Waals surface area contributed by atoms with Gasteiger partial charge >= 0.3 is 0 Å². The van der Waals surface area contributed by atoms with Gasteiger partial charge in [0.15, 0.2) is 0 Å². The lowest BCUT2D eigenvalue weighted by Crippen LogP contribution is -2.21. The molecule has 0 aliphatic carbocycles. The van der Waals surface area contributed by atoms with Gasteiger partial charge in [-0.2, -0.15) is 0 Å². The number of rotatable bonds is 5. The van der Waals surface area contributed by atoms with Crippen molar-refractivity contribution in [2.75, 3.05) is 13.2 Å². The lowest BCUT2D eigenvalue weighted by atomic mass is 9.97. The maximum absolute atomic E-state index is 5.66. The largest absolute Gasteiger partial charge is 0.493 e. The molecule has 0 saturated carbocycles. The molecule has 17 heavy (non-hydrogen) atoms. The number of ether oxygens (including phenoxy) is 1. The first-order valence-corrected chi connectivity index (χ1v) is 6.84. The molecule has 0 spiro atoms. The van der Waals surface area contributed by atoms with Crippen molar-refractivity contribution in [2.45, 2.75) is 45.6 Å². The molecule has 1 atom stereocenters. The number of hydrogen-bond donors (Lipinski definition) is 1. The van der Waals surface area contributed by atoms with E-state index in [9.17, 15) is 0 Å². The van der Waals surface area contributed by atoms with Crippen LogP contribution in [0.15, 0.2) is 18.2 Å². The summed E-state index contributed by atoms with van der Waals surface area (Å²) in [4.78, 5) is 0. The number of nitrogens with one attached hydrogen (secondary N) is 1. The second kappa shape index (κ2) is 6.06. The lowest BCUT2D eigenvalue weighted by molar-refractivity contribution is 0.288. The molecule has 94 valence electrons. The average Bonchev–Trinajstić information content (AvgIpc) is 2.38. The van der Waals surface area contributed by atoms with Gasteiger partial charge < -0.3 is 10.1 Å². The molecule has 2 heteroatoms. The van der Waals surface area contributed by atoms with Gasteiger partial charge in [-0.15, -0.1) is 0 Å². The van der Waals surface area contributed by atoms with Crippen LogP contribution in [-0.4, -0.2) is 13.2 Å². The van der Waals surface area contributed by atoms with Gasteiger partial charge in [-0.25, -0.2) is 0 Å². The van der Waals surface area contributed by atoms with Gasteiger partial charge in [0, 0.05) is 6.04 Å². The molecular formula is C15H23NO. The Morgan fingerprint density at radius 1 is 1.35 bits per heavy atom. The smallest absolute Gasteiger partial charge is 0.122 e. The third kappa shape index (κ3) is 3.01. The molecule has 1 aromatic carbocycles. The highest BCUT2D eigenvalue weighted by Gasteiger charge is 2.14. The summed E-state index contributed by atoms with van der Waals surface area (Å²) in [5.74, 6) is 1.09. The van der Waals surface area contributed by atoms with Crippen LogP contribution in [-0.2, 0) is 6.42 Å². The number of fused-ring (bicyclic) bond motifs is 1. The van der Waals surface area contributed by atoms with E-state index >= 15 is 0 Å². The van der Waals surface area contributed by atoms with Crippen molar-refractivity contribution in [1.82, 2.24) is 5.32 Å². The monoisotopic (exact) mass is 233 g/mol. The third-order valence-corrected chi connectivity index (χ3v) is 3.36. The van der Waals surface area contributed by atoms with Crippen LogP contribution in [0.3, 0.4) is 0 Å². The first-order chi connectivity index (χ1) is 8.35. The minimum absolute atomic E-state index is 0.497. The molecule has 1 heterocycles. The summed E-state index contributed by atoms with van der Waals surface area (Å²) >= 11 is 0. The van der Waals surface area contributed by atoms with Gasteiger partial charge in [0.05, 0.1) is 6.61 Å². The lowest BCUT2D eigenvalue weighted by Gasteiger charge is -2.22. The Balaban J connectivity index is 2.18. The second-order valence-electron chi connectivity index (χ2n) is 4.72. The SMILES string of the molecule is CCCC(NCC)c1ccc2c(c1)CCCO2. The Morgan fingerprint density at radius 3 is 3.00 bits per heavy atom. The van der Waals surface area contributed by atoms with Gasteiger partial charge in [0.2, 0.25) is 0 Å². The molecule has 1 aliphatic heterocycles. The van der Waals surface area contributed by atoms with Crippen molar-refractivity contribution in [3.63, 3.8) is 0 Å². The van der Waals surface area contributed by atoms with E-state index in [4.69, 9.17) is 4.74 Å². The summed E-state index contributed by atoms with van der Waals surface area (Å²) in [5.41, 5.74) is 2.80. The van der Waals surface area contributed by atoms with Gasteiger partial charge in [-0.1, -0.05) is 32.4 Å². The fraction of sp³-hybridized carbons (Fsp3) is 0.600. The average molecular weight is 233 g/mol. The zero-order valence-corrected chi connectivity index (χ0v) is 11.0.